The van der Waals surface area contributed by atoms with Gasteiger partial charge in [0.15, 0.2) is 0 Å². The van der Waals surface area contributed by atoms with E-state index in [1.165, 1.54) is 4.88 Å². The van der Waals surface area contributed by atoms with E-state index >= 15 is 0 Å². The summed E-state index contributed by atoms with van der Waals surface area (Å²) in [5.74, 6) is -0.865. The van der Waals surface area contributed by atoms with Crippen molar-refractivity contribution in [3.63, 3.8) is 0 Å². The van der Waals surface area contributed by atoms with Crippen LogP contribution in [0.2, 0.25) is 0 Å². The molecule has 2 rings (SSSR count). The van der Waals surface area contributed by atoms with E-state index in [1.54, 1.807) is 11.3 Å². The SMILES string of the molecule is CCc1ccc(CNC(=O)NC2(CC(=O)O)CCC2)s1. The molecule has 0 atom stereocenters. The molecule has 0 aliphatic heterocycles. The van der Waals surface area contributed by atoms with Gasteiger partial charge in [0.1, 0.15) is 0 Å². The molecular formula is C14H20N2O3S. The Kier molecular flexibility index (Phi) is 4.65. The average molecular weight is 296 g/mol. The molecule has 0 aromatic carbocycles. The third-order valence-electron chi connectivity index (χ3n) is 3.67. The summed E-state index contributed by atoms with van der Waals surface area (Å²) in [5, 5.41) is 14.5. The number of aryl methyl sites for hydroxylation is 1. The Hall–Kier alpha value is -1.56. The summed E-state index contributed by atoms with van der Waals surface area (Å²) < 4.78 is 0. The first-order chi connectivity index (χ1) is 9.53. The van der Waals surface area contributed by atoms with Gasteiger partial charge in [-0.2, -0.15) is 0 Å². The number of rotatable bonds is 6. The summed E-state index contributed by atoms with van der Waals surface area (Å²) in [7, 11) is 0. The summed E-state index contributed by atoms with van der Waals surface area (Å²) >= 11 is 1.69. The molecule has 5 nitrogen and oxygen atoms in total. The number of carbonyl (C=O) groups is 2. The summed E-state index contributed by atoms with van der Waals surface area (Å²) in [6.45, 7) is 2.58. The smallest absolute Gasteiger partial charge is 0.315 e. The normalized spacial score (nSPS) is 16.2. The Morgan fingerprint density at radius 3 is 2.55 bits per heavy atom. The van der Waals surface area contributed by atoms with Crippen LogP contribution in [0.1, 0.15) is 42.4 Å². The molecule has 1 aromatic rings. The van der Waals surface area contributed by atoms with Crippen LogP contribution in [0.15, 0.2) is 12.1 Å². The number of aliphatic carboxylic acids is 1. The summed E-state index contributed by atoms with van der Waals surface area (Å²) in [4.78, 5) is 25.1. The fourth-order valence-electron chi connectivity index (χ4n) is 2.40. The molecule has 0 unspecified atom stereocenters. The standard InChI is InChI=1S/C14H20N2O3S/c1-2-10-4-5-11(20-10)9-15-13(19)16-14(6-3-7-14)8-12(17)18/h4-5H,2-3,6-9H2,1H3,(H,17,18)(H2,15,16,19). The third kappa shape index (κ3) is 3.72. The molecule has 0 bridgehead atoms. The van der Waals surface area contributed by atoms with Gasteiger partial charge in [-0.25, -0.2) is 4.79 Å². The largest absolute Gasteiger partial charge is 0.481 e. The Bertz CT molecular complexity index is 494. The molecular weight excluding hydrogens is 276 g/mol. The molecule has 2 amide bonds. The second-order valence-corrected chi connectivity index (χ2v) is 6.49. The van der Waals surface area contributed by atoms with E-state index in [0.29, 0.717) is 6.54 Å². The van der Waals surface area contributed by atoms with Gasteiger partial charge in [-0.15, -0.1) is 11.3 Å². The highest BCUT2D eigenvalue weighted by molar-refractivity contribution is 7.11. The van der Waals surface area contributed by atoms with Gasteiger partial charge in [0, 0.05) is 9.75 Å². The third-order valence-corrected chi connectivity index (χ3v) is 4.90. The molecule has 1 aliphatic rings. The van der Waals surface area contributed by atoms with Crippen molar-refractivity contribution in [1.82, 2.24) is 10.6 Å². The van der Waals surface area contributed by atoms with E-state index in [1.807, 2.05) is 6.07 Å². The number of nitrogens with one attached hydrogen (secondary N) is 2. The van der Waals surface area contributed by atoms with E-state index in [2.05, 4.69) is 23.6 Å². The van der Waals surface area contributed by atoms with Crippen LogP contribution in [0, 0.1) is 0 Å². The van der Waals surface area contributed by atoms with Crippen LogP contribution in [-0.4, -0.2) is 22.6 Å². The van der Waals surface area contributed by atoms with Crippen molar-refractivity contribution in [3.05, 3.63) is 21.9 Å². The molecule has 20 heavy (non-hydrogen) atoms. The molecule has 6 heteroatoms. The fourth-order valence-corrected chi connectivity index (χ4v) is 3.30. The Morgan fingerprint density at radius 1 is 1.35 bits per heavy atom. The predicted molar refractivity (Wildman–Crippen MR) is 77.9 cm³/mol. The van der Waals surface area contributed by atoms with Crippen molar-refractivity contribution in [2.45, 2.75) is 51.1 Å². The zero-order chi connectivity index (χ0) is 14.6. The van der Waals surface area contributed by atoms with Gasteiger partial charge in [0.05, 0.1) is 18.5 Å². The highest BCUT2D eigenvalue weighted by Gasteiger charge is 2.40. The molecule has 1 aliphatic carbocycles. The fraction of sp³-hybridized carbons (Fsp3) is 0.571. The molecule has 0 saturated heterocycles. The van der Waals surface area contributed by atoms with Gasteiger partial charge in [-0.1, -0.05) is 6.92 Å². The topological polar surface area (TPSA) is 78.4 Å². The second kappa shape index (κ2) is 6.26. The van der Waals surface area contributed by atoms with Gasteiger partial charge in [-0.05, 0) is 37.8 Å². The minimum absolute atomic E-state index is 0.000590. The quantitative estimate of drug-likeness (QED) is 0.754. The van der Waals surface area contributed by atoms with Crippen molar-refractivity contribution in [3.8, 4) is 0 Å². The molecule has 1 fully saturated rings. The average Bonchev–Trinajstić information content (AvgIpc) is 2.81. The molecule has 1 aromatic heterocycles. The van der Waals surface area contributed by atoms with E-state index in [4.69, 9.17) is 5.11 Å². The van der Waals surface area contributed by atoms with Crippen molar-refractivity contribution in [2.24, 2.45) is 0 Å². The predicted octanol–water partition coefficient (Wildman–Crippen LogP) is 2.51. The maximum absolute atomic E-state index is 11.9. The molecule has 1 heterocycles. The van der Waals surface area contributed by atoms with Gasteiger partial charge in [0.2, 0.25) is 0 Å². The zero-order valence-electron chi connectivity index (χ0n) is 11.6. The lowest BCUT2D eigenvalue weighted by Gasteiger charge is -2.41. The lowest BCUT2D eigenvalue weighted by atomic mass is 9.74. The van der Waals surface area contributed by atoms with Crippen molar-refractivity contribution in [2.75, 3.05) is 0 Å². The van der Waals surface area contributed by atoms with Crippen molar-refractivity contribution >= 4 is 23.3 Å². The van der Waals surface area contributed by atoms with Crippen LogP contribution in [0.25, 0.3) is 0 Å². The van der Waals surface area contributed by atoms with Crippen LogP contribution in [0.4, 0.5) is 4.79 Å². The van der Waals surface area contributed by atoms with Crippen LogP contribution in [-0.2, 0) is 17.8 Å². The molecule has 0 radical (unpaired) electrons. The Labute approximate surface area is 122 Å². The van der Waals surface area contributed by atoms with Crippen LogP contribution < -0.4 is 10.6 Å². The Balaban J connectivity index is 1.81. The van der Waals surface area contributed by atoms with E-state index < -0.39 is 11.5 Å². The lowest BCUT2D eigenvalue weighted by Crippen LogP contribution is -2.57. The van der Waals surface area contributed by atoms with Crippen LogP contribution in [0.3, 0.4) is 0 Å². The van der Waals surface area contributed by atoms with E-state index in [-0.39, 0.29) is 12.5 Å². The maximum atomic E-state index is 11.9. The van der Waals surface area contributed by atoms with E-state index in [0.717, 1.165) is 30.6 Å². The van der Waals surface area contributed by atoms with Gasteiger partial charge in [-0.3, -0.25) is 4.79 Å². The molecule has 110 valence electrons. The van der Waals surface area contributed by atoms with Crippen molar-refractivity contribution < 1.29 is 14.7 Å². The summed E-state index contributed by atoms with van der Waals surface area (Å²) in [6, 6.07) is 3.80. The first-order valence-corrected chi connectivity index (χ1v) is 7.70. The number of urea groups is 1. The molecule has 3 N–H and O–H groups in total. The monoisotopic (exact) mass is 296 g/mol. The summed E-state index contributed by atoms with van der Waals surface area (Å²) in [5.41, 5.74) is -0.542. The maximum Gasteiger partial charge on any atom is 0.315 e. The second-order valence-electron chi connectivity index (χ2n) is 5.23. The minimum atomic E-state index is -0.865. The highest BCUT2D eigenvalue weighted by atomic mass is 32.1. The summed E-state index contributed by atoms with van der Waals surface area (Å²) in [6.07, 6.45) is 3.45. The van der Waals surface area contributed by atoms with Gasteiger partial charge < -0.3 is 15.7 Å². The van der Waals surface area contributed by atoms with Crippen LogP contribution >= 0.6 is 11.3 Å². The highest BCUT2D eigenvalue weighted by Crippen LogP contribution is 2.34. The number of carboxylic acids is 1. The van der Waals surface area contributed by atoms with Gasteiger partial charge >= 0.3 is 12.0 Å². The Morgan fingerprint density at radius 2 is 2.05 bits per heavy atom. The van der Waals surface area contributed by atoms with Crippen molar-refractivity contribution in [1.29, 1.82) is 0 Å². The van der Waals surface area contributed by atoms with Gasteiger partial charge in [0.25, 0.3) is 0 Å². The first-order valence-electron chi connectivity index (χ1n) is 6.88. The number of thiophene rings is 1. The minimum Gasteiger partial charge on any atom is -0.481 e. The first kappa shape index (κ1) is 14.8. The number of hydrogen-bond acceptors (Lipinski definition) is 3. The lowest BCUT2D eigenvalue weighted by molar-refractivity contribution is -0.139. The number of carboxylic acid groups (broad SMARTS) is 1. The van der Waals surface area contributed by atoms with E-state index in [9.17, 15) is 9.59 Å². The number of carbonyl (C=O) groups excluding carboxylic acids is 1. The molecule has 0 spiro atoms. The number of hydrogen-bond donors (Lipinski definition) is 3. The molecule has 1 saturated carbocycles. The zero-order valence-corrected chi connectivity index (χ0v) is 12.4. The number of amides is 2. The van der Waals surface area contributed by atoms with Crippen LogP contribution in [0.5, 0.6) is 0 Å².